The predicted octanol–water partition coefficient (Wildman–Crippen LogP) is 2.53. The van der Waals surface area contributed by atoms with Crippen molar-refractivity contribution in [2.24, 2.45) is 0 Å². The number of carbonyl (C=O) groups is 1. The van der Waals surface area contributed by atoms with Gasteiger partial charge in [0.25, 0.3) is 0 Å². The van der Waals surface area contributed by atoms with Gasteiger partial charge < -0.3 is 0 Å². The molecule has 0 aliphatic rings. The van der Waals surface area contributed by atoms with Crippen LogP contribution in [0.1, 0.15) is 17.4 Å². The van der Waals surface area contributed by atoms with Crippen LogP contribution in [0.4, 0.5) is 0 Å². The first-order valence-corrected chi connectivity index (χ1v) is 4.63. The second-order valence-corrected chi connectivity index (χ2v) is 3.65. The average molecular weight is 239 g/mol. The summed E-state index contributed by atoms with van der Waals surface area (Å²) in [5, 5.41) is 7.63. The lowest BCUT2D eigenvalue weighted by atomic mass is 10.2. The van der Waals surface area contributed by atoms with Crippen LogP contribution in [0.2, 0.25) is 0 Å². The van der Waals surface area contributed by atoms with Crippen LogP contribution < -0.4 is 0 Å². The first-order valence-electron chi connectivity index (χ1n) is 3.83. The molecule has 0 aliphatic heterocycles. The van der Waals surface area contributed by atoms with Gasteiger partial charge in [0.15, 0.2) is 5.78 Å². The number of Topliss-reactive ketones (excluding diaryl/α,β-unsaturated/α-hetero) is 1. The van der Waals surface area contributed by atoms with Crippen molar-refractivity contribution >= 4 is 32.6 Å². The molecule has 13 heavy (non-hydrogen) atoms. The van der Waals surface area contributed by atoms with E-state index in [2.05, 4.69) is 26.1 Å². The van der Waals surface area contributed by atoms with E-state index in [0.717, 1.165) is 15.4 Å². The van der Waals surface area contributed by atoms with Crippen molar-refractivity contribution in [1.29, 1.82) is 0 Å². The Morgan fingerprint density at radius 3 is 3.00 bits per heavy atom. The summed E-state index contributed by atoms with van der Waals surface area (Å²) in [5.74, 6) is 0.000556. The third kappa shape index (κ3) is 1.27. The van der Waals surface area contributed by atoms with Crippen molar-refractivity contribution in [3.05, 3.63) is 28.4 Å². The van der Waals surface area contributed by atoms with E-state index in [-0.39, 0.29) is 5.78 Å². The van der Waals surface area contributed by atoms with Crippen molar-refractivity contribution in [3.8, 4) is 0 Å². The monoisotopic (exact) mass is 238 g/mol. The van der Waals surface area contributed by atoms with E-state index in [9.17, 15) is 4.79 Å². The molecule has 0 saturated heterocycles. The Balaban J connectivity index is 2.83. The molecule has 2 rings (SSSR count). The minimum atomic E-state index is 0.000556. The Bertz CT molecular complexity index is 475. The second kappa shape index (κ2) is 2.96. The lowest BCUT2D eigenvalue weighted by molar-refractivity contribution is 0.101. The fourth-order valence-corrected chi connectivity index (χ4v) is 1.73. The first kappa shape index (κ1) is 8.44. The molecular formula is C9H7BrN2O. The number of aromatic amines is 1. The molecular weight excluding hydrogens is 232 g/mol. The standard InChI is InChI=1S/C9H7BrN2O/c1-5(13)8-6-3-2-4-7(10)9(6)12-11-8/h2-4H,1H3,(H,11,12). The van der Waals surface area contributed by atoms with E-state index in [0.29, 0.717) is 5.69 Å². The Kier molecular flexibility index (Phi) is 1.92. The van der Waals surface area contributed by atoms with Crippen molar-refractivity contribution in [3.63, 3.8) is 0 Å². The Hall–Kier alpha value is -1.16. The van der Waals surface area contributed by atoms with Crippen LogP contribution in [0.3, 0.4) is 0 Å². The number of para-hydroxylation sites is 1. The molecule has 1 aromatic carbocycles. The summed E-state index contributed by atoms with van der Waals surface area (Å²) in [5.41, 5.74) is 1.36. The van der Waals surface area contributed by atoms with Gasteiger partial charge in [-0.05, 0) is 22.0 Å². The highest BCUT2D eigenvalue weighted by atomic mass is 79.9. The molecule has 1 N–H and O–H groups in total. The molecule has 4 heteroatoms. The summed E-state index contributed by atoms with van der Waals surface area (Å²) in [4.78, 5) is 11.1. The average Bonchev–Trinajstić information content (AvgIpc) is 2.48. The zero-order chi connectivity index (χ0) is 9.42. The van der Waals surface area contributed by atoms with Crippen LogP contribution in [0.5, 0.6) is 0 Å². The number of H-pyrrole nitrogens is 1. The summed E-state index contributed by atoms with van der Waals surface area (Å²) < 4.78 is 0.897. The lowest BCUT2D eigenvalue weighted by Crippen LogP contribution is -1.91. The third-order valence-corrected chi connectivity index (χ3v) is 2.53. The molecule has 2 aromatic rings. The zero-order valence-electron chi connectivity index (χ0n) is 6.97. The van der Waals surface area contributed by atoms with Crippen molar-refractivity contribution in [2.45, 2.75) is 6.92 Å². The van der Waals surface area contributed by atoms with Crippen LogP contribution in [0.25, 0.3) is 10.9 Å². The van der Waals surface area contributed by atoms with Gasteiger partial charge in [0.1, 0.15) is 11.2 Å². The molecule has 0 fully saturated rings. The number of rotatable bonds is 1. The number of carbonyl (C=O) groups excluding carboxylic acids is 1. The quantitative estimate of drug-likeness (QED) is 0.777. The van der Waals surface area contributed by atoms with Gasteiger partial charge in [0, 0.05) is 16.8 Å². The number of ketones is 1. The minimum Gasteiger partial charge on any atom is -0.293 e. The van der Waals surface area contributed by atoms with Crippen molar-refractivity contribution in [1.82, 2.24) is 10.2 Å². The molecule has 0 atom stereocenters. The SMILES string of the molecule is CC(=O)c1[nH]nc2c(Br)cccc12. The van der Waals surface area contributed by atoms with E-state index in [4.69, 9.17) is 0 Å². The van der Waals surface area contributed by atoms with Gasteiger partial charge in [0.2, 0.25) is 0 Å². The predicted molar refractivity (Wildman–Crippen MR) is 53.8 cm³/mol. The fourth-order valence-electron chi connectivity index (χ4n) is 1.27. The van der Waals surface area contributed by atoms with Gasteiger partial charge in [-0.1, -0.05) is 12.1 Å². The van der Waals surface area contributed by atoms with Crippen LogP contribution >= 0.6 is 15.9 Å². The maximum Gasteiger partial charge on any atom is 0.178 e. The highest BCUT2D eigenvalue weighted by Gasteiger charge is 2.10. The van der Waals surface area contributed by atoms with Crippen LogP contribution in [0, 0.1) is 0 Å². The highest BCUT2D eigenvalue weighted by Crippen LogP contribution is 2.23. The Morgan fingerprint density at radius 1 is 1.54 bits per heavy atom. The summed E-state index contributed by atoms with van der Waals surface area (Å²) in [6, 6.07) is 5.65. The van der Waals surface area contributed by atoms with E-state index >= 15 is 0 Å². The Labute approximate surface area is 83.3 Å². The van der Waals surface area contributed by atoms with Gasteiger partial charge in [0.05, 0.1) is 0 Å². The fraction of sp³-hybridized carbons (Fsp3) is 0.111. The van der Waals surface area contributed by atoms with E-state index < -0.39 is 0 Å². The highest BCUT2D eigenvalue weighted by molar-refractivity contribution is 9.10. The molecule has 0 aliphatic carbocycles. The molecule has 0 spiro atoms. The number of halogens is 1. The molecule has 0 unspecified atom stereocenters. The number of aromatic nitrogens is 2. The smallest absolute Gasteiger partial charge is 0.178 e. The normalized spacial score (nSPS) is 10.6. The number of nitrogens with zero attached hydrogens (tertiary/aromatic N) is 1. The molecule has 0 saturated carbocycles. The molecule has 1 aromatic heterocycles. The first-order chi connectivity index (χ1) is 6.20. The maximum absolute atomic E-state index is 11.1. The van der Waals surface area contributed by atoms with Gasteiger partial charge in [-0.25, -0.2) is 0 Å². The maximum atomic E-state index is 11.1. The number of benzene rings is 1. The van der Waals surface area contributed by atoms with Crippen LogP contribution in [-0.4, -0.2) is 16.0 Å². The number of nitrogens with one attached hydrogen (secondary N) is 1. The van der Waals surface area contributed by atoms with E-state index in [1.165, 1.54) is 6.92 Å². The summed E-state index contributed by atoms with van der Waals surface area (Å²) in [7, 11) is 0. The lowest BCUT2D eigenvalue weighted by Gasteiger charge is -1.92. The van der Waals surface area contributed by atoms with Crippen molar-refractivity contribution in [2.75, 3.05) is 0 Å². The summed E-state index contributed by atoms with van der Waals surface area (Å²) in [6.07, 6.45) is 0. The topological polar surface area (TPSA) is 45.8 Å². The van der Waals surface area contributed by atoms with E-state index in [1.807, 2.05) is 18.2 Å². The third-order valence-electron chi connectivity index (χ3n) is 1.89. The largest absolute Gasteiger partial charge is 0.293 e. The number of hydrogen-bond acceptors (Lipinski definition) is 2. The molecule has 0 amide bonds. The minimum absolute atomic E-state index is 0.000556. The van der Waals surface area contributed by atoms with Gasteiger partial charge >= 0.3 is 0 Å². The zero-order valence-corrected chi connectivity index (χ0v) is 8.55. The molecule has 0 radical (unpaired) electrons. The summed E-state index contributed by atoms with van der Waals surface area (Å²) in [6.45, 7) is 1.52. The Morgan fingerprint density at radius 2 is 2.31 bits per heavy atom. The molecule has 0 bridgehead atoms. The van der Waals surface area contributed by atoms with Gasteiger partial charge in [-0.3, -0.25) is 9.89 Å². The molecule has 3 nitrogen and oxygen atoms in total. The van der Waals surface area contributed by atoms with E-state index in [1.54, 1.807) is 0 Å². The van der Waals surface area contributed by atoms with Gasteiger partial charge in [-0.2, -0.15) is 5.10 Å². The van der Waals surface area contributed by atoms with Crippen molar-refractivity contribution < 1.29 is 4.79 Å². The molecule has 1 heterocycles. The number of hydrogen-bond donors (Lipinski definition) is 1. The summed E-state index contributed by atoms with van der Waals surface area (Å²) >= 11 is 3.37. The molecule has 66 valence electrons. The van der Waals surface area contributed by atoms with Gasteiger partial charge in [-0.15, -0.1) is 0 Å². The number of fused-ring (bicyclic) bond motifs is 1. The van der Waals surface area contributed by atoms with Crippen LogP contribution in [0.15, 0.2) is 22.7 Å². The second-order valence-electron chi connectivity index (χ2n) is 2.79. The van der Waals surface area contributed by atoms with Crippen LogP contribution in [-0.2, 0) is 0 Å².